The average molecular weight is 1840 g/mol. The number of hydrogen-bond donors (Lipinski definition) is 4. The van der Waals surface area contributed by atoms with Crippen LogP contribution in [0.4, 0.5) is 0 Å². The van der Waals surface area contributed by atoms with Crippen molar-refractivity contribution >= 4 is 33.6 Å². The number of carbonyl (C=O) groups excluding carboxylic acids is 3. The highest BCUT2D eigenvalue weighted by atomic mass is 31.2. The van der Waals surface area contributed by atoms with Crippen molar-refractivity contribution in [2.24, 2.45) is 0 Å². The van der Waals surface area contributed by atoms with E-state index >= 15 is 0 Å². The maximum atomic E-state index is 13.1. The molecule has 0 radical (unpaired) electrons. The van der Waals surface area contributed by atoms with Crippen LogP contribution in [-0.4, -0.2) is 95.9 Å². The van der Waals surface area contributed by atoms with Gasteiger partial charge in [-0.1, -0.05) is 447 Å². The van der Waals surface area contributed by atoms with Crippen molar-refractivity contribution in [3.05, 3.63) is 182 Å². The number of phosphoric ester groups is 2. The Balaban J connectivity index is 4.62. The number of aliphatic hydroxyl groups excluding tert-OH is 2. The van der Waals surface area contributed by atoms with Crippen LogP contribution in [0, 0.1) is 0 Å². The minimum absolute atomic E-state index is 0.0951. The molecular weight excluding hydrogens is 1650 g/mol. The summed E-state index contributed by atoms with van der Waals surface area (Å²) in [6, 6.07) is 0. The third-order valence-corrected chi connectivity index (χ3v) is 24.0. The van der Waals surface area contributed by atoms with E-state index in [4.69, 9.17) is 32.3 Å². The zero-order valence-corrected chi connectivity index (χ0v) is 83.8. The Morgan fingerprint density at radius 1 is 0.225 bits per heavy atom. The Hall–Kier alpha value is -5.35. The van der Waals surface area contributed by atoms with E-state index in [-0.39, 0.29) is 19.3 Å². The zero-order valence-electron chi connectivity index (χ0n) is 82.0. The highest BCUT2D eigenvalue weighted by Gasteiger charge is 2.30. The number of hydrogen-bond acceptors (Lipinski definition) is 14. The van der Waals surface area contributed by atoms with Crippen molar-refractivity contribution < 1.29 is 75.8 Å². The van der Waals surface area contributed by atoms with Crippen LogP contribution in [0.15, 0.2) is 182 Å². The molecule has 4 N–H and O–H groups in total. The number of ether oxygens (including phenoxy) is 3. The molecule has 0 aliphatic heterocycles. The number of allylic oxidation sites excluding steroid dienone is 30. The van der Waals surface area contributed by atoms with Crippen LogP contribution in [0.1, 0.15) is 445 Å². The second kappa shape index (κ2) is 102. The third kappa shape index (κ3) is 103. The standard InChI is InChI=1S/C111H190O16P2/c1-4-7-10-13-16-19-22-25-28-31-34-37-40-43-46-49-51-52-54-57-58-61-64-67-70-73-76-79-82-85-88-91-94-97-109(114)121-100-106(112)101-123-128(117,118)124-102-107(113)103-125-129(119,120)126-105-108(127-111(116)99-96-93-90-87-84-81-78-75-72-69-66-63-60-55-48-45-42-39-36-33-30-27-24-21-18-15-12-9-6-3)104-122-110(115)98-95-92-89-86-83-80-77-74-71-68-65-62-59-56-53-50-47-44-41-38-35-32-29-26-23-20-17-14-11-8-5-2/h7,9-10,12,16-21,25-30,34-39,43-48,60,63,106-108,112-113H,4-6,8,11,13-15,22-24,31-33,40-42,49-59,61-62,64-105H2,1-3H3,(H,117,118)(H,119,120)/b10-7-,12-9-,19-16-,20-17-,21-18-,28-25-,29-26-,30-27-,37-34-,38-35-,39-36-,46-43-,47-44-,48-45-,63-60-. The van der Waals surface area contributed by atoms with Gasteiger partial charge in [0.1, 0.15) is 25.4 Å². The first-order valence-corrected chi connectivity index (χ1v) is 55.1. The van der Waals surface area contributed by atoms with Gasteiger partial charge < -0.3 is 34.2 Å². The Morgan fingerprint density at radius 3 is 0.651 bits per heavy atom. The van der Waals surface area contributed by atoms with Gasteiger partial charge in [-0.3, -0.25) is 32.5 Å². The molecule has 0 heterocycles. The summed E-state index contributed by atoms with van der Waals surface area (Å²) in [5.41, 5.74) is 0. The quantitative estimate of drug-likeness (QED) is 0.0146. The molecule has 5 atom stereocenters. The molecule has 0 aromatic carbocycles. The Kier molecular flexibility index (Phi) is 97.4. The molecule has 0 bridgehead atoms. The summed E-state index contributed by atoms with van der Waals surface area (Å²) in [6.07, 6.45) is 135. The van der Waals surface area contributed by atoms with Crippen LogP contribution in [0.2, 0.25) is 0 Å². The normalized spacial score (nSPS) is 14.4. The van der Waals surface area contributed by atoms with Gasteiger partial charge in [-0.05, 0) is 161 Å². The lowest BCUT2D eigenvalue weighted by Gasteiger charge is -2.21. The number of esters is 3. The SMILES string of the molecule is CC/C=C\C/C=C\C/C=C\C/C=C\C/C=C\C/C=C\CCCCCCCCCCCCC(=O)OC(COC(=O)CCCCCCCCCCCCCCCCC/C=C\C/C=C\C/C=C\C/C=C\CCCCC)COP(=O)(O)OCC(O)COP(=O)(O)OCC(O)COC(=O)CCCCCCCCCCCCCCCCCCC/C=C\C/C=C\C/C=C\C/C=C\C/C=C\CC. The van der Waals surface area contributed by atoms with Crippen molar-refractivity contribution in [2.45, 2.75) is 463 Å². The highest BCUT2D eigenvalue weighted by molar-refractivity contribution is 7.47. The first-order valence-electron chi connectivity index (χ1n) is 52.1. The molecule has 0 spiro atoms. The highest BCUT2D eigenvalue weighted by Crippen LogP contribution is 2.45. The molecule has 0 saturated heterocycles. The summed E-state index contributed by atoms with van der Waals surface area (Å²) in [5, 5.41) is 20.8. The van der Waals surface area contributed by atoms with Crippen LogP contribution in [0.25, 0.3) is 0 Å². The maximum absolute atomic E-state index is 13.1. The molecule has 740 valence electrons. The fraction of sp³-hybridized carbons (Fsp3) is 0.703. The molecule has 0 aliphatic rings. The fourth-order valence-electron chi connectivity index (χ4n) is 14.3. The van der Waals surface area contributed by atoms with Gasteiger partial charge in [0, 0.05) is 19.3 Å². The number of unbranched alkanes of at least 4 members (excludes halogenated alkanes) is 45. The molecular formula is C111H190O16P2. The minimum atomic E-state index is -4.95. The van der Waals surface area contributed by atoms with Gasteiger partial charge in [-0.2, -0.15) is 0 Å². The maximum Gasteiger partial charge on any atom is 0.472 e. The van der Waals surface area contributed by atoms with Crippen LogP contribution < -0.4 is 0 Å². The Bertz CT molecular complexity index is 3080. The molecule has 0 saturated carbocycles. The van der Waals surface area contributed by atoms with Gasteiger partial charge in [0.2, 0.25) is 0 Å². The van der Waals surface area contributed by atoms with Gasteiger partial charge in [0.25, 0.3) is 0 Å². The Morgan fingerprint density at radius 2 is 0.411 bits per heavy atom. The Labute approximate surface area is 789 Å². The van der Waals surface area contributed by atoms with Crippen molar-refractivity contribution in [2.75, 3.05) is 39.6 Å². The fourth-order valence-corrected chi connectivity index (χ4v) is 15.9. The van der Waals surface area contributed by atoms with Gasteiger partial charge in [-0.25, -0.2) is 9.13 Å². The molecule has 16 nitrogen and oxygen atoms in total. The van der Waals surface area contributed by atoms with E-state index in [0.717, 1.165) is 161 Å². The predicted molar refractivity (Wildman–Crippen MR) is 546 cm³/mol. The van der Waals surface area contributed by atoms with Crippen LogP contribution >= 0.6 is 15.6 Å². The van der Waals surface area contributed by atoms with Crippen LogP contribution in [-0.2, 0) is 55.8 Å². The van der Waals surface area contributed by atoms with Crippen molar-refractivity contribution in [3.63, 3.8) is 0 Å². The first-order chi connectivity index (χ1) is 63.2. The molecule has 0 aromatic rings. The summed E-state index contributed by atoms with van der Waals surface area (Å²) in [6.45, 7) is 2.50. The largest absolute Gasteiger partial charge is 0.472 e. The summed E-state index contributed by atoms with van der Waals surface area (Å²) in [5.74, 6) is -1.56. The monoisotopic (exact) mass is 1840 g/mol. The molecule has 129 heavy (non-hydrogen) atoms. The lowest BCUT2D eigenvalue weighted by atomic mass is 10.0. The molecule has 5 unspecified atom stereocenters. The molecule has 0 amide bonds. The van der Waals surface area contributed by atoms with Gasteiger partial charge in [0.05, 0.1) is 26.4 Å². The second-order valence-corrected chi connectivity index (χ2v) is 37.5. The van der Waals surface area contributed by atoms with Gasteiger partial charge >= 0.3 is 33.6 Å². The molecule has 18 heteroatoms. The zero-order chi connectivity index (χ0) is 93.5. The minimum Gasteiger partial charge on any atom is -0.463 e. The number of aliphatic hydroxyl groups is 2. The summed E-state index contributed by atoms with van der Waals surface area (Å²) in [4.78, 5) is 59.3. The molecule has 0 rings (SSSR count). The number of rotatable bonds is 98. The second-order valence-electron chi connectivity index (χ2n) is 34.6. The van der Waals surface area contributed by atoms with Crippen LogP contribution in [0.5, 0.6) is 0 Å². The molecule has 0 aliphatic carbocycles. The van der Waals surface area contributed by atoms with E-state index in [9.17, 15) is 43.5 Å². The van der Waals surface area contributed by atoms with Gasteiger partial charge in [0.15, 0.2) is 6.10 Å². The molecule has 0 fully saturated rings. The lowest BCUT2D eigenvalue weighted by Crippen LogP contribution is -2.30. The average Bonchev–Trinajstić information content (AvgIpc) is 0.899. The van der Waals surface area contributed by atoms with Crippen molar-refractivity contribution in [3.8, 4) is 0 Å². The smallest absolute Gasteiger partial charge is 0.463 e. The summed E-state index contributed by atoms with van der Waals surface area (Å²) in [7, 11) is -9.82. The number of phosphoric acid groups is 2. The summed E-state index contributed by atoms with van der Waals surface area (Å²) >= 11 is 0. The van der Waals surface area contributed by atoms with Crippen molar-refractivity contribution in [1.29, 1.82) is 0 Å². The number of carbonyl (C=O) groups is 3. The van der Waals surface area contributed by atoms with E-state index in [2.05, 4.69) is 203 Å². The predicted octanol–water partition coefficient (Wildman–Crippen LogP) is 33.1. The van der Waals surface area contributed by atoms with Gasteiger partial charge in [-0.15, -0.1) is 0 Å². The van der Waals surface area contributed by atoms with E-state index in [1.807, 2.05) is 0 Å². The van der Waals surface area contributed by atoms with E-state index < -0.39 is 91.5 Å². The lowest BCUT2D eigenvalue weighted by molar-refractivity contribution is -0.161. The van der Waals surface area contributed by atoms with E-state index in [0.29, 0.717) is 19.3 Å². The topological polar surface area (TPSA) is 231 Å². The first kappa shape index (κ1) is 124. The van der Waals surface area contributed by atoms with E-state index in [1.54, 1.807) is 0 Å². The third-order valence-electron chi connectivity index (χ3n) is 22.1. The summed E-state index contributed by atoms with van der Waals surface area (Å²) < 4.78 is 61.7. The van der Waals surface area contributed by atoms with E-state index in [1.165, 1.54) is 225 Å². The van der Waals surface area contributed by atoms with Crippen LogP contribution in [0.3, 0.4) is 0 Å². The van der Waals surface area contributed by atoms with Crippen molar-refractivity contribution in [1.82, 2.24) is 0 Å². The molecule has 0 aromatic heterocycles.